The molecule has 28 heavy (non-hydrogen) atoms. The van der Waals surface area contributed by atoms with Gasteiger partial charge in [-0.1, -0.05) is 29.8 Å². The van der Waals surface area contributed by atoms with Gasteiger partial charge in [0.25, 0.3) is 0 Å². The van der Waals surface area contributed by atoms with E-state index < -0.39 is 0 Å². The molecule has 2 N–H and O–H groups in total. The molecule has 5 nitrogen and oxygen atoms in total. The number of carbonyl (C=O) groups excluding carboxylic acids is 1. The van der Waals surface area contributed by atoms with Crippen molar-refractivity contribution >= 4 is 11.6 Å². The van der Waals surface area contributed by atoms with Crippen LogP contribution in [0.1, 0.15) is 29.5 Å². The SMILES string of the molecule is Cc1ccc(CN(CC(=O)N2CCC(CN)CC2)c2ccc(C#N)cc2)cc1. The van der Waals surface area contributed by atoms with Crippen LogP contribution in [0.2, 0.25) is 0 Å². The Morgan fingerprint density at radius 1 is 1.14 bits per heavy atom. The molecule has 2 aromatic carbocycles. The second kappa shape index (κ2) is 9.38. The number of nitriles is 1. The fraction of sp³-hybridized carbons (Fsp3) is 0.391. The molecule has 1 aliphatic heterocycles. The third-order valence-corrected chi connectivity index (χ3v) is 5.48. The van der Waals surface area contributed by atoms with Crippen molar-refractivity contribution in [3.8, 4) is 6.07 Å². The number of benzene rings is 2. The number of anilines is 1. The highest BCUT2D eigenvalue weighted by atomic mass is 16.2. The molecular weight excluding hydrogens is 348 g/mol. The van der Waals surface area contributed by atoms with E-state index >= 15 is 0 Å². The molecule has 5 heteroatoms. The van der Waals surface area contributed by atoms with Crippen molar-refractivity contribution in [2.24, 2.45) is 11.7 Å². The van der Waals surface area contributed by atoms with Crippen LogP contribution in [0.15, 0.2) is 48.5 Å². The van der Waals surface area contributed by atoms with Crippen molar-refractivity contribution in [2.45, 2.75) is 26.3 Å². The first-order chi connectivity index (χ1) is 13.6. The van der Waals surface area contributed by atoms with Crippen LogP contribution in [0.3, 0.4) is 0 Å². The van der Waals surface area contributed by atoms with Gasteiger partial charge in [0, 0.05) is 25.3 Å². The number of likely N-dealkylation sites (tertiary alicyclic amines) is 1. The van der Waals surface area contributed by atoms with Crippen molar-refractivity contribution < 1.29 is 4.79 Å². The highest BCUT2D eigenvalue weighted by molar-refractivity contribution is 5.81. The van der Waals surface area contributed by atoms with Crippen LogP contribution in [0.25, 0.3) is 0 Å². The number of carbonyl (C=O) groups is 1. The summed E-state index contributed by atoms with van der Waals surface area (Å²) in [4.78, 5) is 17.0. The van der Waals surface area contributed by atoms with E-state index in [4.69, 9.17) is 11.0 Å². The first-order valence-electron chi connectivity index (χ1n) is 9.87. The minimum absolute atomic E-state index is 0.145. The zero-order valence-corrected chi connectivity index (χ0v) is 16.5. The lowest BCUT2D eigenvalue weighted by Gasteiger charge is -2.34. The lowest BCUT2D eigenvalue weighted by molar-refractivity contribution is -0.131. The Labute approximate surface area is 167 Å². The minimum atomic E-state index is 0.145. The van der Waals surface area contributed by atoms with Crippen LogP contribution < -0.4 is 10.6 Å². The van der Waals surface area contributed by atoms with E-state index in [0.717, 1.165) is 37.2 Å². The Morgan fingerprint density at radius 2 is 1.79 bits per heavy atom. The lowest BCUT2D eigenvalue weighted by Crippen LogP contribution is -2.45. The molecule has 0 radical (unpaired) electrons. The smallest absolute Gasteiger partial charge is 0.242 e. The summed E-state index contributed by atoms with van der Waals surface area (Å²) in [5.74, 6) is 0.679. The highest BCUT2D eigenvalue weighted by Gasteiger charge is 2.23. The molecule has 1 aliphatic rings. The molecule has 0 spiro atoms. The number of amides is 1. The fourth-order valence-corrected chi connectivity index (χ4v) is 3.58. The monoisotopic (exact) mass is 376 g/mol. The van der Waals surface area contributed by atoms with Gasteiger partial charge in [0.1, 0.15) is 0 Å². The Balaban J connectivity index is 1.74. The molecular formula is C23H28N4O. The van der Waals surface area contributed by atoms with Crippen LogP contribution >= 0.6 is 0 Å². The van der Waals surface area contributed by atoms with Crippen molar-refractivity contribution in [3.63, 3.8) is 0 Å². The van der Waals surface area contributed by atoms with Crippen molar-refractivity contribution in [3.05, 3.63) is 65.2 Å². The van der Waals surface area contributed by atoms with E-state index in [2.05, 4.69) is 42.2 Å². The van der Waals surface area contributed by atoms with E-state index in [9.17, 15) is 4.79 Å². The van der Waals surface area contributed by atoms with Crippen LogP contribution in [0, 0.1) is 24.2 Å². The maximum absolute atomic E-state index is 12.9. The summed E-state index contributed by atoms with van der Waals surface area (Å²) in [6, 6.07) is 18.0. The van der Waals surface area contributed by atoms with Gasteiger partial charge >= 0.3 is 0 Å². The average Bonchev–Trinajstić information content (AvgIpc) is 2.75. The number of nitrogens with zero attached hydrogens (tertiary/aromatic N) is 3. The van der Waals surface area contributed by atoms with Crippen molar-refractivity contribution in [2.75, 3.05) is 31.1 Å². The summed E-state index contributed by atoms with van der Waals surface area (Å²) in [5.41, 5.74) is 9.71. The zero-order valence-electron chi connectivity index (χ0n) is 16.5. The van der Waals surface area contributed by atoms with Gasteiger partial charge in [-0.25, -0.2) is 0 Å². The second-order valence-corrected chi connectivity index (χ2v) is 7.56. The number of hydrogen-bond acceptors (Lipinski definition) is 4. The van der Waals surface area contributed by atoms with Gasteiger partial charge in [0.05, 0.1) is 18.2 Å². The van der Waals surface area contributed by atoms with Gasteiger partial charge < -0.3 is 15.5 Å². The van der Waals surface area contributed by atoms with E-state index in [1.807, 2.05) is 17.0 Å². The normalized spacial score (nSPS) is 14.5. The van der Waals surface area contributed by atoms with E-state index in [0.29, 0.717) is 31.1 Å². The molecule has 0 atom stereocenters. The summed E-state index contributed by atoms with van der Waals surface area (Å²) in [7, 11) is 0. The predicted octanol–water partition coefficient (Wildman–Crippen LogP) is 3.07. The number of hydrogen-bond donors (Lipinski definition) is 1. The molecule has 1 amide bonds. The largest absolute Gasteiger partial charge is 0.358 e. The van der Waals surface area contributed by atoms with E-state index in [-0.39, 0.29) is 5.91 Å². The van der Waals surface area contributed by atoms with Gasteiger partial charge in [-0.3, -0.25) is 4.79 Å². The van der Waals surface area contributed by atoms with Gasteiger partial charge in [0.15, 0.2) is 0 Å². The molecule has 3 rings (SSSR count). The Kier molecular flexibility index (Phi) is 6.67. The molecule has 0 bridgehead atoms. The summed E-state index contributed by atoms with van der Waals surface area (Å²) in [5, 5.41) is 9.05. The standard InChI is InChI=1S/C23H28N4O/c1-18-2-4-21(5-3-18)16-27(22-8-6-19(14-24)7-9-22)17-23(28)26-12-10-20(15-25)11-13-26/h2-9,20H,10-13,15-17,25H2,1H3. The van der Waals surface area contributed by atoms with Crippen LogP contribution in [0.5, 0.6) is 0 Å². The summed E-state index contributed by atoms with van der Waals surface area (Å²) >= 11 is 0. The van der Waals surface area contributed by atoms with Gasteiger partial charge in [-0.15, -0.1) is 0 Å². The lowest BCUT2D eigenvalue weighted by atomic mass is 9.97. The zero-order chi connectivity index (χ0) is 19.9. The molecule has 0 unspecified atom stereocenters. The van der Waals surface area contributed by atoms with Gasteiger partial charge in [-0.2, -0.15) is 5.26 Å². The molecule has 0 saturated carbocycles. The quantitative estimate of drug-likeness (QED) is 0.841. The maximum Gasteiger partial charge on any atom is 0.242 e. The topological polar surface area (TPSA) is 73.4 Å². The third-order valence-electron chi connectivity index (χ3n) is 5.48. The summed E-state index contributed by atoms with van der Waals surface area (Å²) in [6.45, 7) is 5.31. The Morgan fingerprint density at radius 3 is 2.36 bits per heavy atom. The molecule has 146 valence electrons. The molecule has 1 saturated heterocycles. The van der Waals surface area contributed by atoms with Crippen molar-refractivity contribution in [1.29, 1.82) is 5.26 Å². The second-order valence-electron chi connectivity index (χ2n) is 7.56. The number of aryl methyl sites for hydroxylation is 1. The number of nitrogens with two attached hydrogens (primary N) is 1. The third kappa shape index (κ3) is 5.11. The maximum atomic E-state index is 12.9. The Bertz CT molecular complexity index is 815. The van der Waals surface area contributed by atoms with E-state index in [1.165, 1.54) is 5.56 Å². The molecule has 1 heterocycles. The van der Waals surface area contributed by atoms with E-state index in [1.54, 1.807) is 12.1 Å². The minimum Gasteiger partial charge on any atom is -0.358 e. The Hall–Kier alpha value is -2.84. The molecule has 1 fully saturated rings. The highest BCUT2D eigenvalue weighted by Crippen LogP contribution is 2.21. The average molecular weight is 377 g/mol. The number of rotatable bonds is 6. The van der Waals surface area contributed by atoms with Crippen molar-refractivity contribution in [1.82, 2.24) is 4.90 Å². The summed E-state index contributed by atoms with van der Waals surface area (Å²) in [6.07, 6.45) is 1.97. The fourth-order valence-electron chi connectivity index (χ4n) is 3.58. The molecule has 2 aromatic rings. The molecule has 0 aromatic heterocycles. The number of piperidine rings is 1. The van der Waals surface area contributed by atoms with Gasteiger partial charge in [0.2, 0.25) is 5.91 Å². The first-order valence-corrected chi connectivity index (χ1v) is 9.87. The van der Waals surface area contributed by atoms with Crippen LogP contribution in [0.4, 0.5) is 5.69 Å². The van der Waals surface area contributed by atoms with Crippen LogP contribution in [-0.4, -0.2) is 37.0 Å². The van der Waals surface area contributed by atoms with Crippen LogP contribution in [-0.2, 0) is 11.3 Å². The molecule has 0 aliphatic carbocycles. The van der Waals surface area contributed by atoms with Gasteiger partial charge in [-0.05, 0) is 62.1 Å². The first kappa shape index (κ1) is 19.9. The predicted molar refractivity (Wildman–Crippen MR) is 112 cm³/mol. The summed E-state index contributed by atoms with van der Waals surface area (Å²) < 4.78 is 0.